The standard InChI is InChI=1S/C11H13FO3S/c1-2-16(14,15)8-7-11(13)9-3-5-10(12)6-4-9/h3-6H,2,7-8H2,1H3. The molecule has 0 aliphatic rings. The molecule has 0 spiro atoms. The van der Waals surface area contributed by atoms with Gasteiger partial charge in [-0.25, -0.2) is 12.8 Å². The molecule has 0 fully saturated rings. The Balaban J connectivity index is 2.63. The SMILES string of the molecule is CCS(=O)(=O)CCC(=O)c1ccc(F)cc1. The summed E-state index contributed by atoms with van der Waals surface area (Å²) in [6.07, 6.45) is -0.0538. The van der Waals surface area contributed by atoms with E-state index in [1.165, 1.54) is 31.2 Å². The molecule has 88 valence electrons. The third-order valence-corrected chi connectivity index (χ3v) is 3.95. The molecule has 0 saturated heterocycles. The summed E-state index contributed by atoms with van der Waals surface area (Å²) in [5, 5.41) is 0. The highest BCUT2D eigenvalue weighted by molar-refractivity contribution is 7.91. The van der Waals surface area contributed by atoms with Crippen molar-refractivity contribution in [3.8, 4) is 0 Å². The molecule has 5 heteroatoms. The van der Waals surface area contributed by atoms with E-state index >= 15 is 0 Å². The summed E-state index contributed by atoms with van der Waals surface area (Å²) in [7, 11) is -3.13. The minimum Gasteiger partial charge on any atom is -0.294 e. The van der Waals surface area contributed by atoms with Crippen molar-refractivity contribution >= 4 is 15.6 Å². The average molecular weight is 244 g/mol. The van der Waals surface area contributed by atoms with Gasteiger partial charge in [0.1, 0.15) is 15.7 Å². The second kappa shape index (κ2) is 5.21. The van der Waals surface area contributed by atoms with E-state index in [4.69, 9.17) is 0 Å². The van der Waals surface area contributed by atoms with Crippen LogP contribution in [0, 0.1) is 5.82 Å². The van der Waals surface area contributed by atoms with Crippen molar-refractivity contribution in [1.82, 2.24) is 0 Å². The lowest BCUT2D eigenvalue weighted by molar-refractivity contribution is 0.0988. The summed E-state index contributed by atoms with van der Waals surface area (Å²) in [4.78, 5) is 11.5. The molecule has 1 aromatic carbocycles. The first kappa shape index (κ1) is 12.8. The number of ketones is 1. The summed E-state index contributed by atoms with van der Waals surface area (Å²) in [6, 6.07) is 5.08. The Bertz CT molecular complexity index is 463. The van der Waals surface area contributed by atoms with Gasteiger partial charge in [-0.2, -0.15) is 0 Å². The molecule has 0 bridgehead atoms. The quantitative estimate of drug-likeness (QED) is 0.742. The number of benzene rings is 1. The highest BCUT2D eigenvalue weighted by Crippen LogP contribution is 2.07. The molecule has 0 radical (unpaired) electrons. The van der Waals surface area contributed by atoms with Crippen molar-refractivity contribution < 1.29 is 17.6 Å². The molecule has 0 amide bonds. The molecule has 0 N–H and O–H groups in total. The van der Waals surface area contributed by atoms with Gasteiger partial charge in [-0.1, -0.05) is 6.92 Å². The smallest absolute Gasteiger partial charge is 0.163 e. The van der Waals surface area contributed by atoms with Crippen LogP contribution in [0.1, 0.15) is 23.7 Å². The fourth-order valence-corrected chi connectivity index (χ4v) is 1.96. The zero-order chi connectivity index (χ0) is 12.2. The maximum atomic E-state index is 12.6. The molecular weight excluding hydrogens is 231 g/mol. The van der Waals surface area contributed by atoms with Crippen LogP contribution in [0.25, 0.3) is 0 Å². The van der Waals surface area contributed by atoms with E-state index in [0.29, 0.717) is 5.56 Å². The second-order valence-electron chi connectivity index (χ2n) is 3.42. The number of Topliss-reactive ketones (excluding diaryl/α,β-unsaturated/α-hetero) is 1. The average Bonchev–Trinajstić information content (AvgIpc) is 2.27. The maximum Gasteiger partial charge on any atom is 0.163 e. The van der Waals surface area contributed by atoms with Gasteiger partial charge >= 0.3 is 0 Å². The Morgan fingerprint density at radius 3 is 2.31 bits per heavy atom. The van der Waals surface area contributed by atoms with E-state index in [0.717, 1.165) is 0 Å². The monoisotopic (exact) mass is 244 g/mol. The third kappa shape index (κ3) is 3.73. The summed E-state index contributed by atoms with van der Waals surface area (Å²) >= 11 is 0. The van der Waals surface area contributed by atoms with Crippen molar-refractivity contribution in [2.75, 3.05) is 11.5 Å². The Hall–Kier alpha value is -1.23. The van der Waals surface area contributed by atoms with Crippen LogP contribution in [-0.2, 0) is 9.84 Å². The fourth-order valence-electron chi connectivity index (χ4n) is 1.17. The molecule has 0 aliphatic carbocycles. The normalized spacial score (nSPS) is 11.4. The van der Waals surface area contributed by atoms with E-state index in [9.17, 15) is 17.6 Å². The van der Waals surface area contributed by atoms with Crippen molar-refractivity contribution in [1.29, 1.82) is 0 Å². The predicted molar refractivity (Wildman–Crippen MR) is 59.7 cm³/mol. The Labute approximate surface area is 94.2 Å². The van der Waals surface area contributed by atoms with Gasteiger partial charge in [0.2, 0.25) is 0 Å². The fraction of sp³-hybridized carbons (Fsp3) is 0.364. The van der Waals surface area contributed by atoms with Crippen molar-refractivity contribution in [2.24, 2.45) is 0 Å². The van der Waals surface area contributed by atoms with Crippen molar-refractivity contribution in [2.45, 2.75) is 13.3 Å². The number of rotatable bonds is 5. The molecule has 0 aromatic heterocycles. The topological polar surface area (TPSA) is 51.2 Å². The first-order valence-corrected chi connectivity index (χ1v) is 6.76. The van der Waals surface area contributed by atoms with Crippen LogP contribution in [0.3, 0.4) is 0 Å². The maximum absolute atomic E-state index is 12.6. The van der Waals surface area contributed by atoms with Crippen LogP contribution in [0.15, 0.2) is 24.3 Å². The van der Waals surface area contributed by atoms with Gasteiger partial charge in [0, 0.05) is 17.7 Å². The number of sulfone groups is 1. The molecule has 16 heavy (non-hydrogen) atoms. The molecule has 0 atom stereocenters. The number of hydrogen-bond acceptors (Lipinski definition) is 3. The highest BCUT2D eigenvalue weighted by atomic mass is 32.2. The summed E-state index contributed by atoms with van der Waals surface area (Å²) in [5.41, 5.74) is 0.340. The minimum atomic E-state index is -3.13. The van der Waals surface area contributed by atoms with Gasteiger partial charge in [0.05, 0.1) is 5.75 Å². The first-order chi connectivity index (χ1) is 7.44. The van der Waals surface area contributed by atoms with E-state index in [1.807, 2.05) is 0 Å². The van der Waals surface area contributed by atoms with E-state index in [-0.39, 0.29) is 23.7 Å². The molecular formula is C11H13FO3S. The zero-order valence-electron chi connectivity index (χ0n) is 8.94. The number of hydrogen-bond donors (Lipinski definition) is 0. The lowest BCUT2D eigenvalue weighted by atomic mass is 10.1. The summed E-state index contributed by atoms with van der Waals surface area (Å²) < 4.78 is 34.9. The van der Waals surface area contributed by atoms with Crippen molar-refractivity contribution in [3.63, 3.8) is 0 Å². The van der Waals surface area contributed by atoms with Crippen LogP contribution < -0.4 is 0 Å². The molecule has 0 unspecified atom stereocenters. The van der Waals surface area contributed by atoms with Gasteiger partial charge in [-0.3, -0.25) is 4.79 Å². The largest absolute Gasteiger partial charge is 0.294 e. The van der Waals surface area contributed by atoms with Crippen LogP contribution in [0.2, 0.25) is 0 Å². The van der Waals surface area contributed by atoms with Crippen molar-refractivity contribution in [3.05, 3.63) is 35.6 Å². The van der Waals surface area contributed by atoms with E-state index in [2.05, 4.69) is 0 Å². The van der Waals surface area contributed by atoms with E-state index in [1.54, 1.807) is 0 Å². The Morgan fingerprint density at radius 1 is 1.25 bits per heavy atom. The zero-order valence-corrected chi connectivity index (χ0v) is 9.76. The van der Waals surface area contributed by atoms with Gasteiger partial charge in [-0.15, -0.1) is 0 Å². The summed E-state index contributed by atoms with van der Waals surface area (Å²) in [5.74, 6) is -0.821. The lowest BCUT2D eigenvalue weighted by Gasteiger charge is -2.01. The third-order valence-electron chi connectivity index (χ3n) is 2.25. The van der Waals surface area contributed by atoms with Gasteiger partial charge in [-0.05, 0) is 24.3 Å². The first-order valence-electron chi connectivity index (χ1n) is 4.94. The van der Waals surface area contributed by atoms with E-state index < -0.39 is 15.7 Å². The second-order valence-corrected chi connectivity index (χ2v) is 5.89. The lowest BCUT2D eigenvalue weighted by Crippen LogP contribution is -2.13. The van der Waals surface area contributed by atoms with Gasteiger partial charge in [0.25, 0.3) is 0 Å². The number of halogens is 1. The summed E-state index contributed by atoms with van der Waals surface area (Å²) in [6.45, 7) is 1.54. The van der Waals surface area contributed by atoms with Gasteiger partial charge in [0.15, 0.2) is 5.78 Å². The molecule has 0 heterocycles. The number of carbonyl (C=O) groups excluding carboxylic acids is 1. The van der Waals surface area contributed by atoms with Crippen LogP contribution >= 0.6 is 0 Å². The van der Waals surface area contributed by atoms with Crippen LogP contribution in [0.5, 0.6) is 0 Å². The van der Waals surface area contributed by atoms with Gasteiger partial charge < -0.3 is 0 Å². The molecule has 1 rings (SSSR count). The Kier molecular flexibility index (Phi) is 4.18. The highest BCUT2D eigenvalue weighted by Gasteiger charge is 2.12. The van der Waals surface area contributed by atoms with Crippen LogP contribution in [0.4, 0.5) is 4.39 Å². The Morgan fingerprint density at radius 2 is 1.81 bits per heavy atom. The molecule has 0 saturated carbocycles. The predicted octanol–water partition coefficient (Wildman–Crippen LogP) is 1.83. The minimum absolute atomic E-state index is 0.0314. The molecule has 0 aliphatic heterocycles. The molecule has 1 aromatic rings. The van der Waals surface area contributed by atoms with Crippen LogP contribution in [-0.4, -0.2) is 25.7 Å². The molecule has 3 nitrogen and oxygen atoms in total. The number of carbonyl (C=O) groups is 1.